The maximum Gasteiger partial charge on any atom is 0.294 e. The molecule has 174 valence electrons. The zero-order valence-corrected chi connectivity index (χ0v) is 19.0. The van der Waals surface area contributed by atoms with Crippen LogP contribution >= 0.6 is 0 Å². The van der Waals surface area contributed by atoms with Crippen LogP contribution in [0.5, 0.6) is 5.75 Å². The molecule has 0 amide bonds. The number of hydrogen-bond acceptors (Lipinski definition) is 9. The Labute approximate surface area is 195 Å². The minimum absolute atomic E-state index is 0.000658. The van der Waals surface area contributed by atoms with E-state index < -0.39 is 0 Å². The van der Waals surface area contributed by atoms with Gasteiger partial charge in [0.15, 0.2) is 0 Å². The van der Waals surface area contributed by atoms with E-state index in [1.54, 1.807) is 29.0 Å². The highest BCUT2D eigenvalue weighted by Crippen LogP contribution is 2.41. The first-order chi connectivity index (χ1) is 16.4. The van der Waals surface area contributed by atoms with E-state index in [9.17, 15) is 10.1 Å². The molecular formula is C23H24N8O3. The second-order valence-electron chi connectivity index (χ2n) is 8.30. The van der Waals surface area contributed by atoms with Crippen LogP contribution < -0.4 is 15.0 Å². The highest BCUT2D eigenvalue weighted by Gasteiger charge is 2.33. The summed E-state index contributed by atoms with van der Waals surface area (Å²) >= 11 is 0. The third-order valence-corrected chi connectivity index (χ3v) is 6.03. The molecule has 0 unspecified atom stereocenters. The van der Waals surface area contributed by atoms with Crippen molar-refractivity contribution in [3.05, 3.63) is 65.1 Å². The zero-order valence-electron chi connectivity index (χ0n) is 19.0. The minimum atomic E-state index is -0.376. The number of aromatic nitrogens is 4. The van der Waals surface area contributed by atoms with Crippen molar-refractivity contribution in [1.82, 2.24) is 24.5 Å². The summed E-state index contributed by atoms with van der Waals surface area (Å²) in [6.07, 6.45) is 5.24. The SMILES string of the molecule is COc1cc(N2CC(N(C)C)C2)c([N+](=O)[O-])cc1Nc1nccc(-c2cnn3ccccc23)n1. The average molecular weight is 460 g/mol. The number of fused-ring (bicyclic) bond motifs is 1. The van der Waals surface area contributed by atoms with E-state index in [1.807, 2.05) is 43.4 Å². The Morgan fingerprint density at radius 1 is 1.24 bits per heavy atom. The van der Waals surface area contributed by atoms with Gasteiger partial charge in [0, 0.05) is 49.2 Å². The summed E-state index contributed by atoms with van der Waals surface area (Å²) in [4.78, 5) is 24.5. The van der Waals surface area contributed by atoms with Crippen molar-refractivity contribution in [2.24, 2.45) is 0 Å². The lowest BCUT2D eigenvalue weighted by Gasteiger charge is -2.44. The molecule has 3 aromatic heterocycles. The van der Waals surface area contributed by atoms with Gasteiger partial charge < -0.3 is 19.9 Å². The quantitative estimate of drug-likeness (QED) is 0.328. The topological polar surface area (TPSA) is 114 Å². The van der Waals surface area contributed by atoms with Crippen LogP contribution in [0.2, 0.25) is 0 Å². The van der Waals surface area contributed by atoms with Gasteiger partial charge in [0.2, 0.25) is 5.95 Å². The van der Waals surface area contributed by atoms with Crippen molar-refractivity contribution < 1.29 is 9.66 Å². The minimum Gasteiger partial charge on any atom is -0.494 e. The first-order valence-electron chi connectivity index (χ1n) is 10.7. The van der Waals surface area contributed by atoms with Gasteiger partial charge in [0.05, 0.1) is 35.1 Å². The van der Waals surface area contributed by atoms with Crippen LogP contribution in [0.15, 0.2) is 55.0 Å². The number of benzene rings is 1. The Balaban J connectivity index is 1.47. The first kappa shape index (κ1) is 21.6. The molecular weight excluding hydrogens is 436 g/mol. The molecule has 1 aliphatic heterocycles. The summed E-state index contributed by atoms with van der Waals surface area (Å²) in [6.45, 7) is 1.43. The van der Waals surface area contributed by atoms with Crippen molar-refractivity contribution >= 4 is 28.5 Å². The van der Waals surface area contributed by atoms with E-state index in [0.29, 0.717) is 47.9 Å². The van der Waals surface area contributed by atoms with Crippen molar-refractivity contribution in [2.75, 3.05) is 44.5 Å². The Kier molecular flexibility index (Phi) is 5.46. The molecule has 0 saturated carbocycles. The number of ether oxygens (including phenoxy) is 1. The maximum absolute atomic E-state index is 11.9. The predicted molar refractivity (Wildman–Crippen MR) is 129 cm³/mol. The van der Waals surface area contributed by atoms with E-state index in [-0.39, 0.29) is 10.6 Å². The number of pyridine rings is 1. The highest BCUT2D eigenvalue weighted by atomic mass is 16.6. The van der Waals surface area contributed by atoms with Gasteiger partial charge in [-0.1, -0.05) is 6.07 Å². The fourth-order valence-corrected chi connectivity index (χ4v) is 4.02. The lowest BCUT2D eigenvalue weighted by atomic mass is 10.1. The molecule has 0 spiro atoms. The maximum atomic E-state index is 11.9. The number of nitro groups is 1. The summed E-state index contributed by atoms with van der Waals surface area (Å²) in [5, 5.41) is 19.3. The number of nitrogens with zero attached hydrogens (tertiary/aromatic N) is 7. The van der Waals surface area contributed by atoms with Gasteiger partial charge in [-0.3, -0.25) is 10.1 Å². The van der Waals surface area contributed by atoms with Crippen LogP contribution in [0.1, 0.15) is 0 Å². The molecule has 5 rings (SSSR count). The molecule has 11 heteroatoms. The summed E-state index contributed by atoms with van der Waals surface area (Å²) in [5.41, 5.74) is 3.40. The van der Waals surface area contributed by atoms with Gasteiger partial charge >= 0.3 is 0 Å². The lowest BCUT2D eigenvalue weighted by molar-refractivity contribution is -0.384. The number of nitrogens with one attached hydrogen (secondary N) is 1. The second-order valence-corrected chi connectivity index (χ2v) is 8.30. The Hall–Kier alpha value is -4.25. The first-order valence-corrected chi connectivity index (χ1v) is 10.7. The smallest absolute Gasteiger partial charge is 0.294 e. The van der Waals surface area contributed by atoms with Gasteiger partial charge in [-0.2, -0.15) is 5.10 Å². The third kappa shape index (κ3) is 3.86. The summed E-state index contributed by atoms with van der Waals surface area (Å²) in [5.74, 6) is 0.767. The molecule has 1 saturated heterocycles. The molecule has 11 nitrogen and oxygen atoms in total. The number of hydrogen-bond donors (Lipinski definition) is 1. The summed E-state index contributed by atoms with van der Waals surface area (Å²) < 4.78 is 7.33. The number of likely N-dealkylation sites (N-methyl/N-ethyl adjacent to an activating group) is 1. The predicted octanol–water partition coefficient (Wildman–Crippen LogP) is 3.20. The van der Waals surface area contributed by atoms with Gasteiger partial charge in [0.25, 0.3) is 5.69 Å². The van der Waals surface area contributed by atoms with Crippen LogP contribution in [-0.2, 0) is 0 Å². The van der Waals surface area contributed by atoms with Crippen LogP contribution in [0.3, 0.4) is 0 Å². The van der Waals surface area contributed by atoms with Crippen LogP contribution in [-0.4, -0.2) is 69.7 Å². The molecule has 0 radical (unpaired) electrons. The van der Waals surface area contributed by atoms with E-state index >= 15 is 0 Å². The van der Waals surface area contributed by atoms with Gasteiger partial charge in [-0.25, -0.2) is 14.5 Å². The van der Waals surface area contributed by atoms with E-state index in [0.717, 1.165) is 11.1 Å². The fourth-order valence-electron chi connectivity index (χ4n) is 4.02. The molecule has 1 fully saturated rings. The Morgan fingerprint density at radius 3 is 2.79 bits per heavy atom. The average Bonchev–Trinajstić information content (AvgIpc) is 3.22. The molecule has 4 aromatic rings. The van der Waals surface area contributed by atoms with E-state index in [4.69, 9.17) is 4.74 Å². The van der Waals surface area contributed by atoms with Crippen molar-refractivity contribution in [2.45, 2.75) is 6.04 Å². The monoisotopic (exact) mass is 460 g/mol. The molecule has 4 heterocycles. The Bertz CT molecular complexity index is 1360. The second kappa shape index (κ2) is 8.60. The zero-order chi connectivity index (χ0) is 23.8. The number of nitro benzene ring substituents is 1. The van der Waals surface area contributed by atoms with Crippen molar-refractivity contribution in [3.63, 3.8) is 0 Å². The van der Waals surface area contributed by atoms with E-state index in [2.05, 4.69) is 25.3 Å². The standard InChI is InChI=1S/C23H24N8O3/c1-28(2)15-13-29(14-15)20-11-22(34-3)18(10-21(20)31(32)33)27-23-24-8-7-17(26-23)16-12-25-30-9-5-4-6-19(16)30/h4-12,15H,13-14H2,1-3H3,(H,24,26,27). The lowest BCUT2D eigenvalue weighted by Crippen LogP contribution is -2.57. The van der Waals surface area contributed by atoms with Crippen LogP contribution in [0.4, 0.5) is 23.0 Å². The summed E-state index contributed by atoms with van der Waals surface area (Å²) in [6, 6.07) is 11.1. The molecule has 0 bridgehead atoms. The molecule has 0 atom stereocenters. The van der Waals surface area contributed by atoms with Crippen molar-refractivity contribution in [1.29, 1.82) is 0 Å². The number of anilines is 3. The number of rotatable bonds is 7. The van der Waals surface area contributed by atoms with Crippen LogP contribution in [0, 0.1) is 10.1 Å². The van der Waals surface area contributed by atoms with E-state index in [1.165, 1.54) is 13.2 Å². The molecule has 1 aromatic carbocycles. The van der Waals surface area contributed by atoms with Gasteiger partial charge in [0.1, 0.15) is 11.4 Å². The number of methoxy groups -OCH3 is 1. The van der Waals surface area contributed by atoms with Crippen LogP contribution in [0.25, 0.3) is 16.8 Å². The highest BCUT2D eigenvalue weighted by molar-refractivity contribution is 5.80. The largest absolute Gasteiger partial charge is 0.494 e. The molecule has 0 aliphatic carbocycles. The van der Waals surface area contributed by atoms with Crippen molar-refractivity contribution in [3.8, 4) is 17.0 Å². The summed E-state index contributed by atoms with van der Waals surface area (Å²) in [7, 11) is 5.54. The molecule has 1 aliphatic rings. The fraction of sp³-hybridized carbons (Fsp3) is 0.261. The normalized spacial score (nSPS) is 13.8. The molecule has 1 N–H and O–H groups in total. The third-order valence-electron chi connectivity index (χ3n) is 6.03. The molecule has 34 heavy (non-hydrogen) atoms. The van der Waals surface area contributed by atoms with Gasteiger partial charge in [-0.15, -0.1) is 0 Å². The Morgan fingerprint density at radius 2 is 2.06 bits per heavy atom. The van der Waals surface area contributed by atoms with Gasteiger partial charge in [-0.05, 0) is 32.3 Å².